The second-order valence-corrected chi connectivity index (χ2v) is 11.1. The van der Waals surface area contributed by atoms with Crippen molar-refractivity contribution in [3.05, 3.63) is 11.6 Å². The molecule has 172 valence electrons. The SMILES string of the molecule is C/C=C1/C(O)C2C(C)CCC([C@H](C)CCC(=O)O)CCCC2[C@@]2(C)CC[C@@H](O)C[C@@H]12. The van der Waals surface area contributed by atoms with Gasteiger partial charge in [-0.15, -0.1) is 0 Å². The molecule has 3 aliphatic rings. The highest BCUT2D eigenvalue weighted by Gasteiger charge is 2.56. The number of aliphatic hydroxyl groups is 2. The number of carbonyl (C=O) groups is 1. The zero-order chi connectivity index (χ0) is 22.1. The van der Waals surface area contributed by atoms with Crippen LogP contribution in [-0.2, 0) is 4.79 Å². The third-order valence-corrected chi connectivity index (χ3v) is 9.43. The maximum Gasteiger partial charge on any atom is 0.303 e. The van der Waals surface area contributed by atoms with E-state index in [0.717, 1.165) is 44.9 Å². The van der Waals surface area contributed by atoms with Crippen LogP contribution in [0.25, 0.3) is 0 Å². The topological polar surface area (TPSA) is 77.8 Å². The molecule has 3 N–H and O–H groups in total. The van der Waals surface area contributed by atoms with Crippen LogP contribution in [-0.4, -0.2) is 33.5 Å². The van der Waals surface area contributed by atoms with Gasteiger partial charge >= 0.3 is 5.97 Å². The Morgan fingerprint density at radius 2 is 1.93 bits per heavy atom. The minimum Gasteiger partial charge on any atom is -0.481 e. The van der Waals surface area contributed by atoms with E-state index in [9.17, 15) is 15.0 Å². The highest BCUT2D eigenvalue weighted by molar-refractivity contribution is 5.66. The lowest BCUT2D eigenvalue weighted by Crippen LogP contribution is -2.55. The van der Waals surface area contributed by atoms with Crippen molar-refractivity contribution in [2.24, 2.45) is 40.9 Å². The van der Waals surface area contributed by atoms with Crippen molar-refractivity contribution in [3.8, 4) is 0 Å². The van der Waals surface area contributed by atoms with E-state index in [1.807, 2.05) is 0 Å². The van der Waals surface area contributed by atoms with Crippen molar-refractivity contribution in [2.45, 2.75) is 104 Å². The average molecular weight is 421 g/mol. The largest absolute Gasteiger partial charge is 0.481 e. The van der Waals surface area contributed by atoms with Gasteiger partial charge in [-0.25, -0.2) is 0 Å². The lowest BCUT2D eigenvalue weighted by atomic mass is 9.47. The lowest BCUT2D eigenvalue weighted by Gasteiger charge is -2.58. The second-order valence-electron chi connectivity index (χ2n) is 11.1. The molecule has 4 heteroatoms. The van der Waals surface area contributed by atoms with Gasteiger partial charge in [0.25, 0.3) is 0 Å². The molecule has 5 unspecified atom stereocenters. The van der Waals surface area contributed by atoms with Crippen molar-refractivity contribution in [3.63, 3.8) is 0 Å². The van der Waals surface area contributed by atoms with Crippen LogP contribution in [0.4, 0.5) is 0 Å². The summed E-state index contributed by atoms with van der Waals surface area (Å²) < 4.78 is 0. The van der Waals surface area contributed by atoms with Crippen molar-refractivity contribution in [2.75, 3.05) is 0 Å². The standard InChI is InChI=1S/C26H44O4/c1-5-20-22-15-19(27)13-14-26(22,4)21-8-6-7-18(16(2)10-12-23(28)29)11-9-17(3)24(21)25(20)30/h5,16-19,21-22,24-25,27,30H,6-15H2,1-4H3,(H,28,29)/b20-5+/t16-,17?,18?,19-,21?,22+,24?,25?,26-/m1/s1. The summed E-state index contributed by atoms with van der Waals surface area (Å²) in [6.45, 7) is 9.06. The van der Waals surface area contributed by atoms with E-state index in [1.165, 1.54) is 18.4 Å². The number of hydrogen-bond donors (Lipinski definition) is 3. The first-order chi connectivity index (χ1) is 14.2. The van der Waals surface area contributed by atoms with Crippen LogP contribution in [0.3, 0.4) is 0 Å². The summed E-state index contributed by atoms with van der Waals surface area (Å²) in [5, 5.41) is 31.0. The molecule has 30 heavy (non-hydrogen) atoms. The van der Waals surface area contributed by atoms with E-state index in [1.54, 1.807) is 0 Å². The van der Waals surface area contributed by atoms with Crippen LogP contribution in [0.15, 0.2) is 11.6 Å². The monoisotopic (exact) mass is 420 g/mol. The van der Waals surface area contributed by atoms with Crippen molar-refractivity contribution < 1.29 is 20.1 Å². The normalized spacial score (nSPS) is 44.9. The zero-order valence-electron chi connectivity index (χ0n) is 19.5. The van der Waals surface area contributed by atoms with Crippen molar-refractivity contribution in [1.82, 2.24) is 0 Å². The molecule has 3 fully saturated rings. The first-order valence-corrected chi connectivity index (χ1v) is 12.4. The predicted molar refractivity (Wildman–Crippen MR) is 120 cm³/mol. The molecule has 0 radical (unpaired) electrons. The van der Waals surface area contributed by atoms with Crippen LogP contribution in [0.1, 0.15) is 91.9 Å². The molecule has 0 aromatic carbocycles. The first-order valence-electron chi connectivity index (χ1n) is 12.4. The fraction of sp³-hybridized carbons (Fsp3) is 0.885. The van der Waals surface area contributed by atoms with Crippen LogP contribution in [0, 0.1) is 40.9 Å². The smallest absolute Gasteiger partial charge is 0.303 e. The summed E-state index contributed by atoms with van der Waals surface area (Å²) in [4.78, 5) is 11.0. The van der Waals surface area contributed by atoms with Crippen LogP contribution in [0.2, 0.25) is 0 Å². The molecule has 9 atom stereocenters. The van der Waals surface area contributed by atoms with E-state index in [2.05, 4.69) is 33.8 Å². The maximum absolute atomic E-state index is 11.5. The van der Waals surface area contributed by atoms with E-state index >= 15 is 0 Å². The molecule has 0 heterocycles. The maximum atomic E-state index is 11.5. The Kier molecular flexibility index (Phi) is 7.71. The van der Waals surface area contributed by atoms with Gasteiger partial charge in [0.05, 0.1) is 12.2 Å². The number of fused-ring (bicyclic) bond motifs is 3. The Bertz CT molecular complexity index is 629. The molecule has 0 amide bonds. The first kappa shape index (κ1) is 23.8. The number of allylic oxidation sites excluding steroid dienone is 1. The quantitative estimate of drug-likeness (QED) is 0.530. The van der Waals surface area contributed by atoms with E-state index in [0.29, 0.717) is 35.5 Å². The van der Waals surface area contributed by atoms with E-state index in [-0.39, 0.29) is 24.0 Å². The highest BCUT2D eigenvalue weighted by atomic mass is 16.4. The molecule has 0 aliphatic heterocycles. The van der Waals surface area contributed by atoms with Crippen LogP contribution >= 0.6 is 0 Å². The highest BCUT2D eigenvalue weighted by Crippen LogP contribution is 2.60. The number of rotatable bonds is 4. The molecule has 0 aromatic heterocycles. The fourth-order valence-corrected chi connectivity index (χ4v) is 7.53. The molecule has 0 saturated heterocycles. The minimum atomic E-state index is -0.690. The lowest BCUT2D eigenvalue weighted by molar-refractivity contribution is -0.137. The summed E-state index contributed by atoms with van der Waals surface area (Å²) in [6, 6.07) is 0. The Morgan fingerprint density at radius 3 is 2.60 bits per heavy atom. The summed E-state index contributed by atoms with van der Waals surface area (Å²) in [5.41, 5.74) is 1.34. The average Bonchev–Trinajstić information content (AvgIpc) is 2.78. The van der Waals surface area contributed by atoms with Gasteiger partial charge in [0.1, 0.15) is 0 Å². The summed E-state index contributed by atoms with van der Waals surface area (Å²) >= 11 is 0. The van der Waals surface area contributed by atoms with Gasteiger partial charge in [-0.2, -0.15) is 0 Å². The molecule has 3 rings (SSSR count). The van der Waals surface area contributed by atoms with E-state index < -0.39 is 5.97 Å². The van der Waals surface area contributed by atoms with Gasteiger partial charge in [0.15, 0.2) is 0 Å². The molecule has 0 aromatic rings. The van der Waals surface area contributed by atoms with Crippen molar-refractivity contribution in [1.29, 1.82) is 0 Å². The van der Waals surface area contributed by atoms with Gasteiger partial charge in [0, 0.05) is 6.42 Å². The van der Waals surface area contributed by atoms with Crippen LogP contribution < -0.4 is 0 Å². The van der Waals surface area contributed by atoms with Gasteiger partial charge in [-0.05, 0) is 91.9 Å². The molecule has 0 spiro atoms. The summed E-state index contributed by atoms with van der Waals surface area (Å²) in [5.74, 6) is 1.87. The Hall–Kier alpha value is -0.870. The second kappa shape index (κ2) is 9.73. The molecule has 4 nitrogen and oxygen atoms in total. The predicted octanol–water partition coefficient (Wildman–Crippen LogP) is 5.42. The number of hydrogen-bond acceptors (Lipinski definition) is 3. The third-order valence-electron chi connectivity index (χ3n) is 9.43. The van der Waals surface area contributed by atoms with Gasteiger partial charge in [-0.1, -0.05) is 46.1 Å². The van der Waals surface area contributed by atoms with E-state index in [4.69, 9.17) is 5.11 Å². The zero-order valence-corrected chi connectivity index (χ0v) is 19.5. The minimum absolute atomic E-state index is 0.161. The van der Waals surface area contributed by atoms with Crippen LogP contribution in [0.5, 0.6) is 0 Å². The number of carboxylic acids is 1. The fourth-order valence-electron chi connectivity index (χ4n) is 7.53. The number of aliphatic hydroxyl groups excluding tert-OH is 2. The Morgan fingerprint density at radius 1 is 1.20 bits per heavy atom. The number of aliphatic carboxylic acids is 1. The Labute approximate surface area is 183 Å². The Balaban J connectivity index is 1.83. The molecule has 3 saturated carbocycles. The van der Waals surface area contributed by atoms with Gasteiger partial charge in [-0.3, -0.25) is 4.79 Å². The van der Waals surface area contributed by atoms with Gasteiger partial charge in [0.2, 0.25) is 0 Å². The number of carboxylic acid groups (broad SMARTS) is 1. The molecule has 3 aliphatic carbocycles. The summed E-state index contributed by atoms with van der Waals surface area (Å²) in [6.07, 6.45) is 11.0. The molecular formula is C26H44O4. The summed E-state index contributed by atoms with van der Waals surface area (Å²) in [7, 11) is 0. The third kappa shape index (κ3) is 4.65. The molecule has 0 bridgehead atoms. The molecular weight excluding hydrogens is 376 g/mol. The van der Waals surface area contributed by atoms with Crippen molar-refractivity contribution >= 4 is 5.97 Å². The van der Waals surface area contributed by atoms with Gasteiger partial charge < -0.3 is 15.3 Å².